The Morgan fingerprint density at radius 3 is 2.73 bits per heavy atom. The molecule has 1 aliphatic rings. The van der Waals surface area contributed by atoms with Gasteiger partial charge in [-0.2, -0.15) is 0 Å². The van der Waals surface area contributed by atoms with Gasteiger partial charge >= 0.3 is 0 Å². The number of carbonyl (C=O) groups is 1. The molecule has 3 heteroatoms. The molecule has 56 valence electrons. The van der Waals surface area contributed by atoms with E-state index in [1.807, 2.05) is 13.0 Å². The smallest absolute Gasteiger partial charge is 0.216 e. The molecule has 2 nitrogen and oxygen atoms in total. The topological polar surface area (TPSA) is 29.6 Å². The van der Waals surface area contributed by atoms with Gasteiger partial charge in [-0.15, -0.1) is 12.6 Å². The summed E-state index contributed by atoms with van der Waals surface area (Å²) in [5, 5.41) is -0.208. The SMILES string of the molecule is Cc1cc2c(cc1C(=O)S)O2. The molecule has 0 fully saturated rings. The maximum absolute atomic E-state index is 10.9. The van der Waals surface area contributed by atoms with Gasteiger partial charge in [0, 0.05) is 5.56 Å². The van der Waals surface area contributed by atoms with Gasteiger partial charge < -0.3 is 4.74 Å². The van der Waals surface area contributed by atoms with Crippen LogP contribution in [-0.2, 0) is 0 Å². The number of hydrogen-bond donors (Lipinski definition) is 1. The number of carbonyl (C=O) groups excluding carboxylic acids is 1. The largest absolute Gasteiger partial charge is 0.449 e. The highest BCUT2D eigenvalue weighted by molar-refractivity contribution is 7.97. The maximum Gasteiger partial charge on any atom is 0.216 e. The lowest BCUT2D eigenvalue weighted by Crippen LogP contribution is -1.89. The van der Waals surface area contributed by atoms with Crippen LogP contribution >= 0.6 is 12.6 Å². The molecule has 0 amide bonds. The second-order valence-electron chi connectivity index (χ2n) is 2.52. The fourth-order valence-electron chi connectivity index (χ4n) is 1.04. The summed E-state index contributed by atoms with van der Waals surface area (Å²) in [5.41, 5.74) is 1.55. The Morgan fingerprint density at radius 2 is 2.09 bits per heavy atom. The Kier molecular flexibility index (Phi) is 1.23. The number of rotatable bonds is 1. The molecule has 0 bridgehead atoms. The van der Waals surface area contributed by atoms with Crippen LogP contribution in [0, 0.1) is 6.92 Å². The summed E-state index contributed by atoms with van der Waals surface area (Å²) >= 11 is 3.73. The summed E-state index contributed by atoms with van der Waals surface area (Å²) < 4.78 is 5.02. The summed E-state index contributed by atoms with van der Waals surface area (Å²) in [5.74, 6) is 1.67. The van der Waals surface area contributed by atoms with E-state index >= 15 is 0 Å². The second kappa shape index (κ2) is 2.01. The maximum atomic E-state index is 10.9. The van der Waals surface area contributed by atoms with Crippen molar-refractivity contribution in [2.45, 2.75) is 6.92 Å². The normalized spacial score (nSPS) is 11.8. The van der Waals surface area contributed by atoms with Crippen LogP contribution in [0.5, 0.6) is 11.5 Å². The Balaban J connectivity index is 2.57. The molecule has 0 radical (unpaired) electrons. The highest BCUT2D eigenvalue weighted by Gasteiger charge is 2.22. The third-order valence-electron chi connectivity index (χ3n) is 1.70. The summed E-state index contributed by atoms with van der Waals surface area (Å²) in [6.07, 6.45) is 0. The third kappa shape index (κ3) is 1.01. The van der Waals surface area contributed by atoms with Crippen molar-refractivity contribution >= 4 is 17.7 Å². The van der Waals surface area contributed by atoms with Gasteiger partial charge in [-0.1, -0.05) is 0 Å². The number of aryl methyl sites for hydroxylation is 1. The monoisotopic (exact) mass is 166 g/mol. The minimum absolute atomic E-state index is 0.208. The summed E-state index contributed by atoms with van der Waals surface area (Å²) in [7, 11) is 0. The minimum atomic E-state index is -0.208. The zero-order valence-corrected chi connectivity index (χ0v) is 6.81. The average Bonchev–Trinajstić information content (AvgIpc) is 2.63. The van der Waals surface area contributed by atoms with Crippen molar-refractivity contribution in [1.29, 1.82) is 0 Å². The van der Waals surface area contributed by atoms with Gasteiger partial charge in [0.2, 0.25) is 5.12 Å². The quantitative estimate of drug-likeness (QED) is 0.519. The predicted octanol–water partition coefficient (Wildman–Crippen LogP) is 2.17. The number of ether oxygens (including phenoxy) is 1. The lowest BCUT2D eigenvalue weighted by atomic mass is 10.1. The fraction of sp³-hybridized carbons (Fsp3) is 0.125. The van der Waals surface area contributed by atoms with Crippen molar-refractivity contribution in [2.24, 2.45) is 0 Å². The van der Waals surface area contributed by atoms with Crippen LogP contribution in [0.15, 0.2) is 12.1 Å². The van der Waals surface area contributed by atoms with Crippen molar-refractivity contribution in [3.8, 4) is 11.5 Å². The first-order valence-corrected chi connectivity index (χ1v) is 3.69. The van der Waals surface area contributed by atoms with Crippen LogP contribution in [0.4, 0.5) is 0 Å². The van der Waals surface area contributed by atoms with E-state index in [1.54, 1.807) is 6.07 Å². The van der Waals surface area contributed by atoms with Crippen molar-refractivity contribution in [2.75, 3.05) is 0 Å². The highest BCUT2D eigenvalue weighted by atomic mass is 32.1. The van der Waals surface area contributed by atoms with E-state index in [1.165, 1.54) is 0 Å². The Morgan fingerprint density at radius 1 is 1.45 bits per heavy atom. The van der Waals surface area contributed by atoms with Gasteiger partial charge in [0.05, 0.1) is 0 Å². The molecule has 1 heterocycles. The second-order valence-corrected chi connectivity index (χ2v) is 2.93. The molecule has 0 N–H and O–H groups in total. The molecule has 0 saturated heterocycles. The van der Waals surface area contributed by atoms with E-state index in [0.29, 0.717) is 5.56 Å². The van der Waals surface area contributed by atoms with E-state index < -0.39 is 0 Å². The van der Waals surface area contributed by atoms with Gasteiger partial charge in [0.15, 0.2) is 11.5 Å². The molecule has 0 aliphatic carbocycles. The van der Waals surface area contributed by atoms with Gasteiger partial charge in [0.1, 0.15) is 0 Å². The number of thiol groups is 1. The van der Waals surface area contributed by atoms with E-state index in [4.69, 9.17) is 4.74 Å². The van der Waals surface area contributed by atoms with Crippen LogP contribution in [0.1, 0.15) is 15.9 Å². The van der Waals surface area contributed by atoms with Crippen LogP contribution in [0.25, 0.3) is 0 Å². The van der Waals surface area contributed by atoms with E-state index in [2.05, 4.69) is 12.6 Å². The van der Waals surface area contributed by atoms with Gasteiger partial charge in [-0.25, -0.2) is 0 Å². The van der Waals surface area contributed by atoms with Crippen molar-refractivity contribution in [3.05, 3.63) is 23.3 Å². The zero-order valence-electron chi connectivity index (χ0n) is 5.92. The molecule has 1 aromatic carbocycles. The summed E-state index contributed by atoms with van der Waals surface area (Å²) in [4.78, 5) is 10.9. The average molecular weight is 166 g/mol. The van der Waals surface area contributed by atoms with E-state index in [9.17, 15) is 4.79 Å². The summed E-state index contributed by atoms with van der Waals surface area (Å²) in [6, 6.07) is 3.57. The highest BCUT2D eigenvalue weighted by Crippen LogP contribution is 2.46. The molecule has 0 saturated carbocycles. The number of fused-ring (bicyclic) bond motifs is 1. The zero-order chi connectivity index (χ0) is 8.01. The van der Waals surface area contributed by atoms with Gasteiger partial charge in [0.25, 0.3) is 0 Å². The fourth-order valence-corrected chi connectivity index (χ4v) is 1.28. The van der Waals surface area contributed by atoms with Crippen LogP contribution in [0.3, 0.4) is 0 Å². The molecule has 0 spiro atoms. The molecule has 0 unspecified atom stereocenters. The molecular formula is C8H6O2S. The third-order valence-corrected chi connectivity index (χ3v) is 1.94. The number of benzene rings is 1. The molecule has 2 rings (SSSR count). The Bertz CT molecular complexity index is 344. The molecule has 0 atom stereocenters. The first kappa shape index (κ1) is 6.73. The molecular weight excluding hydrogens is 160 g/mol. The number of hydrogen-bond acceptors (Lipinski definition) is 2. The Hall–Kier alpha value is -0.960. The summed E-state index contributed by atoms with van der Waals surface area (Å²) in [6.45, 7) is 1.87. The first-order chi connectivity index (χ1) is 5.18. The Labute approximate surface area is 69.6 Å². The van der Waals surface area contributed by atoms with E-state index in [0.717, 1.165) is 17.1 Å². The minimum Gasteiger partial charge on any atom is -0.449 e. The lowest BCUT2D eigenvalue weighted by molar-refractivity contribution is 0.109. The first-order valence-electron chi connectivity index (χ1n) is 3.24. The molecule has 11 heavy (non-hydrogen) atoms. The van der Waals surface area contributed by atoms with Crippen LogP contribution in [0.2, 0.25) is 0 Å². The van der Waals surface area contributed by atoms with Gasteiger partial charge in [-0.3, -0.25) is 4.79 Å². The predicted molar refractivity (Wildman–Crippen MR) is 44.6 cm³/mol. The van der Waals surface area contributed by atoms with E-state index in [-0.39, 0.29) is 5.12 Å². The van der Waals surface area contributed by atoms with Crippen molar-refractivity contribution in [1.82, 2.24) is 0 Å². The van der Waals surface area contributed by atoms with Gasteiger partial charge in [-0.05, 0) is 24.6 Å². The van der Waals surface area contributed by atoms with Crippen LogP contribution < -0.4 is 4.74 Å². The van der Waals surface area contributed by atoms with Crippen LogP contribution in [-0.4, -0.2) is 5.12 Å². The molecule has 1 aliphatic heterocycles. The molecule has 0 aromatic heterocycles. The standard InChI is InChI=1S/C8H6O2S/c1-4-2-6-7(10-6)3-5(4)8(9)11/h2-3H,1H3,(H,9,11). The van der Waals surface area contributed by atoms with Crippen molar-refractivity contribution < 1.29 is 9.53 Å². The van der Waals surface area contributed by atoms with Crippen molar-refractivity contribution in [3.63, 3.8) is 0 Å². The molecule has 1 aromatic rings. The lowest BCUT2D eigenvalue weighted by Gasteiger charge is -1.94.